The summed E-state index contributed by atoms with van der Waals surface area (Å²) >= 11 is 0. The average molecular weight is 1010 g/mol. The van der Waals surface area contributed by atoms with E-state index in [1.165, 1.54) is 31.7 Å². The van der Waals surface area contributed by atoms with E-state index in [2.05, 4.69) is 30.1 Å². The Kier molecular flexibility index (Phi) is 30.4. The van der Waals surface area contributed by atoms with Gasteiger partial charge in [0.25, 0.3) is 0 Å². The number of anilines is 1. The molecule has 0 spiro atoms. The molecule has 20 nitrogen and oxygen atoms in total. The highest BCUT2D eigenvalue weighted by atomic mass is 31.3. The molecule has 0 aromatic carbocycles. The number of phosphoric ester groups is 2. The van der Waals surface area contributed by atoms with E-state index in [1.807, 2.05) is 24.3 Å². The fourth-order valence-corrected chi connectivity index (χ4v) is 8.88. The molecule has 0 aliphatic carbocycles. The highest BCUT2D eigenvalue weighted by Crippen LogP contribution is 2.60. The third-order valence-electron chi connectivity index (χ3n) is 10.6. The van der Waals surface area contributed by atoms with Crippen LogP contribution in [0.1, 0.15) is 143 Å². The van der Waals surface area contributed by atoms with E-state index in [0.717, 1.165) is 62.1 Å². The molecule has 388 valence electrons. The summed E-state index contributed by atoms with van der Waals surface area (Å²) in [7, 11) is -10.9. The number of aliphatic hydroxyl groups excluding tert-OH is 4. The molecular formula is C46H77N3O17P2. The largest absolute Gasteiger partial charge is 0.481 e. The van der Waals surface area contributed by atoms with Crippen LogP contribution in [0.2, 0.25) is 0 Å². The summed E-state index contributed by atoms with van der Waals surface area (Å²) in [6, 6.07) is 1.23. The molecule has 0 saturated carbocycles. The number of carbonyl (C=O) groups excluding carboxylic acids is 2. The molecule has 0 amide bonds. The highest BCUT2D eigenvalue weighted by molar-refractivity contribution is 7.61. The summed E-state index contributed by atoms with van der Waals surface area (Å²) in [6.07, 6.45) is 20.1. The number of phosphoric acid groups is 2. The number of rotatable bonds is 37. The number of allylic oxidation sites excluding steroid dienone is 6. The molecule has 2 unspecified atom stereocenters. The summed E-state index contributed by atoms with van der Waals surface area (Å²) in [6.45, 7) is 4.04. The van der Waals surface area contributed by atoms with Crippen molar-refractivity contribution in [3.8, 4) is 0 Å². The van der Waals surface area contributed by atoms with Gasteiger partial charge in [-0.15, -0.1) is 0 Å². The zero-order valence-corrected chi connectivity index (χ0v) is 41.6. The molecule has 1 aliphatic heterocycles. The topological polar surface area (TPSA) is 306 Å². The van der Waals surface area contributed by atoms with E-state index in [1.54, 1.807) is 24.3 Å². The summed E-state index contributed by atoms with van der Waals surface area (Å²) < 4.78 is 56.4. The lowest BCUT2D eigenvalue weighted by molar-refractivity contribution is -0.161. The van der Waals surface area contributed by atoms with Crippen LogP contribution in [-0.4, -0.2) is 108 Å². The second-order valence-corrected chi connectivity index (χ2v) is 20.2. The van der Waals surface area contributed by atoms with Crippen LogP contribution in [-0.2, 0) is 46.3 Å². The van der Waals surface area contributed by atoms with Gasteiger partial charge in [0.1, 0.15) is 30.7 Å². The Balaban J connectivity index is 1.89. The number of aromatic nitrogens is 2. The number of esters is 2. The van der Waals surface area contributed by atoms with E-state index in [4.69, 9.17) is 29.0 Å². The highest BCUT2D eigenvalue weighted by Gasteiger charge is 2.46. The maximum absolute atomic E-state index is 12.8. The first-order chi connectivity index (χ1) is 32.3. The molecule has 1 aliphatic rings. The van der Waals surface area contributed by atoms with Crippen molar-refractivity contribution in [1.82, 2.24) is 9.55 Å². The average Bonchev–Trinajstić information content (AvgIpc) is 3.55. The minimum atomic E-state index is -5.48. The van der Waals surface area contributed by atoms with E-state index in [-0.39, 0.29) is 31.5 Å². The van der Waals surface area contributed by atoms with Gasteiger partial charge in [0.2, 0.25) is 0 Å². The number of hydrogen-bond acceptors (Lipinski definition) is 17. The predicted molar refractivity (Wildman–Crippen MR) is 255 cm³/mol. The zero-order chi connectivity index (χ0) is 50.4. The van der Waals surface area contributed by atoms with Crippen molar-refractivity contribution in [3.05, 3.63) is 71.4 Å². The van der Waals surface area contributed by atoms with Gasteiger partial charge in [-0.3, -0.25) is 23.2 Å². The number of nitrogens with zero attached hydrogens (tertiary/aromatic N) is 2. The number of nitrogens with two attached hydrogens (primary N) is 1. The van der Waals surface area contributed by atoms with Gasteiger partial charge < -0.3 is 50.2 Å². The second kappa shape index (κ2) is 34.0. The first-order valence-electron chi connectivity index (χ1n) is 23.7. The summed E-state index contributed by atoms with van der Waals surface area (Å²) in [5.41, 5.74) is 4.56. The van der Waals surface area contributed by atoms with Crippen LogP contribution in [0.15, 0.2) is 65.7 Å². The molecular weight excluding hydrogens is 928 g/mol. The van der Waals surface area contributed by atoms with Crippen LogP contribution in [0.5, 0.6) is 0 Å². The lowest BCUT2D eigenvalue weighted by atomic mass is 10.0. The third kappa shape index (κ3) is 27.7. The number of carbonyl (C=O) groups is 2. The molecule has 1 aromatic heterocycles. The second-order valence-electron chi connectivity index (χ2n) is 17.1. The fraction of sp³-hybridized carbons (Fsp3) is 0.696. The SMILES string of the molecule is CCCCC[C@@H](O)/C=C/C=C\C/C=C\C=C\[C@@H](O)CCCC(=O)O[C@H](COC(=O)CCCCCCCCCCC(C)C)COP(=O)(O)OP(=O)(O)OC[C@H]1O[C@@H](n2ccc(N)nc2=O)[C@H](O)[C@@H]1O. The van der Waals surface area contributed by atoms with Gasteiger partial charge in [0.15, 0.2) is 12.3 Å². The van der Waals surface area contributed by atoms with Crippen molar-refractivity contribution in [2.75, 3.05) is 25.6 Å². The monoisotopic (exact) mass is 1010 g/mol. The molecule has 22 heteroatoms. The normalized spacial score (nSPS) is 20.9. The van der Waals surface area contributed by atoms with Crippen molar-refractivity contribution in [3.63, 3.8) is 0 Å². The van der Waals surface area contributed by atoms with E-state index in [0.29, 0.717) is 18.8 Å². The molecule has 1 saturated heterocycles. The molecule has 9 atom stereocenters. The number of ether oxygens (including phenoxy) is 3. The Labute approximate surface area is 400 Å². The Bertz CT molecular complexity index is 1880. The third-order valence-corrected chi connectivity index (χ3v) is 13.2. The summed E-state index contributed by atoms with van der Waals surface area (Å²) in [4.78, 5) is 61.7. The van der Waals surface area contributed by atoms with Crippen LogP contribution in [0.3, 0.4) is 0 Å². The lowest BCUT2D eigenvalue weighted by Gasteiger charge is -2.21. The Morgan fingerprint density at radius 3 is 1.99 bits per heavy atom. The van der Waals surface area contributed by atoms with Crippen LogP contribution < -0.4 is 11.4 Å². The predicted octanol–water partition coefficient (Wildman–Crippen LogP) is 6.79. The van der Waals surface area contributed by atoms with Crippen LogP contribution in [0.4, 0.5) is 5.82 Å². The number of nitrogen functional groups attached to an aromatic ring is 1. The lowest BCUT2D eigenvalue weighted by Crippen LogP contribution is -2.36. The molecule has 0 bridgehead atoms. The Morgan fingerprint density at radius 2 is 1.37 bits per heavy atom. The van der Waals surface area contributed by atoms with E-state index >= 15 is 0 Å². The fourth-order valence-electron chi connectivity index (χ4n) is 6.77. The number of hydrogen-bond donors (Lipinski definition) is 7. The van der Waals surface area contributed by atoms with Crippen LogP contribution >= 0.6 is 15.6 Å². The zero-order valence-electron chi connectivity index (χ0n) is 39.8. The van der Waals surface area contributed by atoms with Crippen molar-refractivity contribution >= 4 is 33.4 Å². The van der Waals surface area contributed by atoms with Gasteiger partial charge >= 0.3 is 33.3 Å². The standard InChI is InChI=1S/C46H77N3O17P2/c1-4-5-17-24-36(50)25-19-14-10-8-11-15-20-26-37(51)27-22-29-42(53)64-38(32-61-41(52)28-21-16-12-7-6-9-13-18-23-35(2)3)33-62-67(57,58)66-68(59,60)63-34-39-43(54)44(55)45(65-39)49-31-30-40(47)48-46(49)56/h10-11,14-15,19-20,25-26,30-31,35-39,43-45,50-51,54-55H,4-9,12-13,16-18,21-24,27-29,32-34H2,1-3H3,(H,57,58)(H,59,60)(H2,47,48,56)/b14-10-,15-11-,25-19+,26-20+/t36-,37-,38-,39-,43-,44-,45-/m1/s1. The van der Waals surface area contributed by atoms with Crippen molar-refractivity contribution in [2.45, 2.75) is 179 Å². The quantitative estimate of drug-likeness (QED) is 0.0156. The molecule has 2 heterocycles. The molecule has 0 radical (unpaired) electrons. The minimum Gasteiger partial charge on any atom is -0.462 e. The van der Waals surface area contributed by atoms with Gasteiger partial charge in [-0.1, -0.05) is 140 Å². The molecule has 8 N–H and O–H groups in total. The Hall–Kier alpha value is -3.36. The van der Waals surface area contributed by atoms with Crippen molar-refractivity contribution < 1.29 is 76.5 Å². The smallest absolute Gasteiger partial charge is 0.462 e. The summed E-state index contributed by atoms with van der Waals surface area (Å²) in [5.74, 6) is -0.841. The molecule has 2 rings (SSSR count). The van der Waals surface area contributed by atoms with Gasteiger partial charge in [0.05, 0.1) is 25.4 Å². The van der Waals surface area contributed by atoms with Crippen LogP contribution in [0.25, 0.3) is 0 Å². The van der Waals surface area contributed by atoms with Gasteiger partial charge in [-0.05, 0) is 44.1 Å². The molecule has 68 heavy (non-hydrogen) atoms. The van der Waals surface area contributed by atoms with E-state index in [9.17, 15) is 53.7 Å². The maximum atomic E-state index is 12.8. The minimum absolute atomic E-state index is 0.0756. The van der Waals surface area contributed by atoms with Gasteiger partial charge in [-0.25, -0.2) is 13.9 Å². The van der Waals surface area contributed by atoms with E-state index < -0.39 is 95.9 Å². The Morgan fingerprint density at radius 1 is 0.794 bits per heavy atom. The maximum Gasteiger partial charge on any atom is 0.481 e. The van der Waals surface area contributed by atoms with Crippen molar-refractivity contribution in [1.29, 1.82) is 0 Å². The number of unbranched alkanes of at least 4 members (excludes halogenated alkanes) is 9. The molecule has 1 fully saturated rings. The first kappa shape index (κ1) is 60.8. The van der Waals surface area contributed by atoms with Crippen LogP contribution in [0, 0.1) is 5.92 Å². The van der Waals surface area contributed by atoms with Gasteiger partial charge in [-0.2, -0.15) is 9.29 Å². The summed E-state index contributed by atoms with van der Waals surface area (Å²) in [5, 5.41) is 41.2. The van der Waals surface area contributed by atoms with Crippen molar-refractivity contribution in [2.24, 2.45) is 5.92 Å². The van der Waals surface area contributed by atoms with Gasteiger partial charge in [0, 0.05) is 19.0 Å². The molecule has 1 aromatic rings. The number of aliphatic hydroxyl groups is 4. The first-order valence-corrected chi connectivity index (χ1v) is 26.7.